The van der Waals surface area contributed by atoms with E-state index in [0.717, 1.165) is 29.7 Å². The van der Waals surface area contributed by atoms with Crippen molar-refractivity contribution in [3.63, 3.8) is 0 Å². The van der Waals surface area contributed by atoms with E-state index in [-0.39, 0.29) is 10.7 Å². The average Bonchev–Trinajstić information content (AvgIpc) is 2.89. The number of para-hydroxylation sites is 1. The van der Waals surface area contributed by atoms with Gasteiger partial charge in [0.15, 0.2) is 6.10 Å². The lowest BCUT2D eigenvalue weighted by molar-refractivity contribution is -0.123. The Morgan fingerprint density at radius 2 is 1.89 bits per heavy atom. The zero-order chi connectivity index (χ0) is 20.1. The smallest absolute Gasteiger partial charge is 0.343 e. The van der Waals surface area contributed by atoms with E-state index < -0.39 is 18.0 Å². The fourth-order valence-corrected chi connectivity index (χ4v) is 3.09. The number of hydrogen-bond donors (Lipinski definition) is 1. The lowest BCUT2D eigenvalue weighted by Gasteiger charge is -2.16. The first-order valence-corrected chi connectivity index (χ1v) is 9.45. The Labute approximate surface area is 164 Å². The quantitative estimate of drug-likeness (QED) is 0.708. The maximum Gasteiger partial charge on any atom is 0.343 e. The molecule has 6 nitrogen and oxygen atoms in total. The number of rotatable bonds is 7. The number of nitrogens with zero attached hydrogens (tertiary/aromatic N) is 2. The van der Waals surface area contributed by atoms with Crippen molar-refractivity contribution in [3.05, 3.63) is 45.7 Å². The number of hydrogen-bond acceptors (Lipinski definition) is 4. The van der Waals surface area contributed by atoms with Crippen LogP contribution in [0.25, 0.3) is 0 Å². The summed E-state index contributed by atoms with van der Waals surface area (Å²) in [7, 11) is 0. The van der Waals surface area contributed by atoms with E-state index in [1.54, 1.807) is 11.6 Å². The van der Waals surface area contributed by atoms with Gasteiger partial charge in [0, 0.05) is 12.2 Å². The van der Waals surface area contributed by atoms with Crippen molar-refractivity contribution in [2.75, 3.05) is 5.32 Å². The summed E-state index contributed by atoms with van der Waals surface area (Å²) in [5, 5.41) is 7.37. The average molecular weight is 392 g/mol. The number of unbranched alkanes of at least 4 members (excludes halogenated alkanes) is 1. The number of amides is 1. The number of carbonyl (C=O) groups is 2. The Morgan fingerprint density at radius 3 is 2.48 bits per heavy atom. The number of nitrogens with one attached hydrogen (secondary N) is 1. The van der Waals surface area contributed by atoms with Crippen LogP contribution >= 0.6 is 11.6 Å². The Hall–Kier alpha value is -2.34. The lowest BCUT2D eigenvalue weighted by atomic mass is 10.1. The summed E-state index contributed by atoms with van der Waals surface area (Å²) in [5.74, 6) is -1.04. The van der Waals surface area contributed by atoms with Gasteiger partial charge in [-0.1, -0.05) is 43.1 Å². The highest BCUT2D eigenvalue weighted by Crippen LogP contribution is 2.23. The maximum atomic E-state index is 12.5. The molecule has 0 saturated heterocycles. The highest BCUT2D eigenvalue weighted by Gasteiger charge is 2.26. The third-order valence-corrected chi connectivity index (χ3v) is 4.76. The summed E-state index contributed by atoms with van der Waals surface area (Å²) < 4.78 is 6.94. The van der Waals surface area contributed by atoms with Crippen LogP contribution < -0.4 is 5.32 Å². The highest BCUT2D eigenvalue weighted by atomic mass is 35.5. The van der Waals surface area contributed by atoms with Crippen LogP contribution in [0.4, 0.5) is 5.69 Å². The number of ether oxygens (including phenoxy) is 1. The van der Waals surface area contributed by atoms with Crippen molar-refractivity contribution in [3.8, 4) is 0 Å². The van der Waals surface area contributed by atoms with E-state index in [9.17, 15) is 9.59 Å². The number of halogens is 1. The van der Waals surface area contributed by atoms with Crippen molar-refractivity contribution in [1.82, 2.24) is 9.78 Å². The molecule has 2 rings (SSSR count). The molecule has 1 N–H and O–H groups in total. The van der Waals surface area contributed by atoms with Gasteiger partial charge in [-0.15, -0.1) is 0 Å². The fraction of sp³-hybridized carbons (Fsp3) is 0.450. The summed E-state index contributed by atoms with van der Waals surface area (Å²) >= 11 is 6.29. The largest absolute Gasteiger partial charge is 0.449 e. The van der Waals surface area contributed by atoms with E-state index in [1.165, 1.54) is 6.92 Å². The summed E-state index contributed by atoms with van der Waals surface area (Å²) in [6.07, 6.45) is 0.931. The minimum absolute atomic E-state index is 0.208. The molecule has 2 aromatic rings. The molecule has 1 aromatic carbocycles. The third kappa shape index (κ3) is 4.89. The van der Waals surface area contributed by atoms with Crippen molar-refractivity contribution in [1.29, 1.82) is 0 Å². The molecule has 1 aromatic heterocycles. The molecule has 0 unspecified atom stereocenters. The molecular formula is C20H26ClN3O3. The van der Waals surface area contributed by atoms with Gasteiger partial charge in [-0.2, -0.15) is 5.10 Å². The van der Waals surface area contributed by atoms with Crippen molar-refractivity contribution >= 4 is 29.2 Å². The summed E-state index contributed by atoms with van der Waals surface area (Å²) in [4.78, 5) is 25.0. The number of aryl methyl sites for hydroxylation is 4. The molecule has 1 atom stereocenters. The van der Waals surface area contributed by atoms with Gasteiger partial charge in [0.25, 0.3) is 5.91 Å². The lowest BCUT2D eigenvalue weighted by Crippen LogP contribution is -2.30. The molecular weight excluding hydrogens is 366 g/mol. The Bertz CT molecular complexity index is 825. The van der Waals surface area contributed by atoms with Crippen LogP contribution in [0.15, 0.2) is 18.2 Å². The third-order valence-electron chi connectivity index (χ3n) is 4.38. The van der Waals surface area contributed by atoms with Gasteiger partial charge in [-0.3, -0.25) is 9.48 Å². The van der Waals surface area contributed by atoms with E-state index >= 15 is 0 Å². The topological polar surface area (TPSA) is 73.2 Å². The number of carbonyl (C=O) groups excluding carboxylic acids is 2. The van der Waals surface area contributed by atoms with Crippen molar-refractivity contribution in [2.24, 2.45) is 0 Å². The minimum Gasteiger partial charge on any atom is -0.449 e. The second-order valence-electron chi connectivity index (χ2n) is 6.63. The van der Waals surface area contributed by atoms with Crippen molar-refractivity contribution < 1.29 is 14.3 Å². The minimum atomic E-state index is -0.967. The van der Waals surface area contributed by atoms with Crippen LogP contribution in [-0.4, -0.2) is 27.8 Å². The molecule has 0 bridgehead atoms. The van der Waals surface area contributed by atoms with Gasteiger partial charge in [-0.05, 0) is 45.2 Å². The predicted molar refractivity (Wildman–Crippen MR) is 106 cm³/mol. The molecule has 27 heavy (non-hydrogen) atoms. The highest BCUT2D eigenvalue weighted by molar-refractivity contribution is 6.32. The first kappa shape index (κ1) is 21.0. The van der Waals surface area contributed by atoms with Gasteiger partial charge in [0.1, 0.15) is 10.7 Å². The Kier molecular flexibility index (Phi) is 7.02. The van der Waals surface area contributed by atoms with Crippen LogP contribution in [0.1, 0.15) is 53.9 Å². The van der Waals surface area contributed by atoms with Crippen LogP contribution in [0.5, 0.6) is 0 Å². The predicted octanol–water partition coefficient (Wildman–Crippen LogP) is 4.45. The van der Waals surface area contributed by atoms with E-state index in [0.29, 0.717) is 12.2 Å². The van der Waals surface area contributed by atoms with Crippen LogP contribution in [-0.2, 0) is 16.1 Å². The molecule has 0 spiro atoms. The molecule has 7 heteroatoms. The molecule has 0 aliphatic heterocycles. The van der Waals surface area contributed by atoms with Gasteiger partial charge >= 0.3 is 5.97 Å². The summed E-state index contributed by atoms with van der Waals surface area (Å²) in [5.41, 5.74) is 3.31. The first-order chi connectivity index (χ1) is 12.8. The Balaban J connectivity index is 2.09. The molecule has 0 aliphatic carbocycles. The molecule has 1 heterocycles. The second-order valence-corrected chi connectivity index (χ2v) is 6.99. The SMILES string of the molecule is CCCCn1nc(C)c(C(=O)O[C@H](C)C(=O)Nc2c(C)cccc2C)c1Cl. The molecule has 0 saturated carbocycles. The molecule has 1 amide bonds. The first-order valence-electron chi connectivity index (χ1n) is 9.07. The number of anilines is 1. The van der Waals surface area contributed by atoms with Crippen LogP contribution in [0, 0.1) is 20.8 Å². The molecule has 0 aliphatic rings. The van der Waals surface area contributed by atoms with Gasteiger partial charge in [0.05, 0.1) is 5.69 Å². The zero-order valence-electron chi connectivity index (χ0n) is 16.4. The summed E-state index contributed by atoms with van der Waals surface area (Å²) in [6.45, 7) is 9.75. The normalized spacial score (nSPS) is 11.9. The monoisotopic (exact) mass is 391 g/mol. The fourth-order valence-electron chi connectivity index (χ4n) is 2.75. The molecule has 146 valence electrons. The van der Waals surface area contributed by atoms with E-state index in [2.05, 4.69) is 17.3 Å². The molecule has 0 fully saturated rings. The number of esters is 1. The summed E-state index contributed by atoms with van der Waals surface area (Å²) in [6, 6.07) is 5.74. The van der Waals surface area contributed by atoms with Gasteiger partial charge < -0.3 is 10.1 Å². The van der Waals surface area contributed by atoms with E-state index in [1.807, 2.05) is 32.0 Å². The maximum absolute atomic E-state index is 12.5. The second kappa shape index (κ2) is 9.04. The van der Waals surface area contributed by atoms with Crippen LogP contribution in [0.3, 0.4) is 0 Å². The van der Waals surface area contributed by atoms with Gasteiger partial charge in [0.2, 0.25) is 0 Å². The Morgan fingerprint density at radius 1 is 1.26 bits per heavy atom. The van der Waals surface area contributed by atoms with Crippen LogP contribution in [0.2, 0.25) is 5.15 Å². The molecule has 0 radical (unpaired) electrons. The van der Waals surface area contributed by atoms with Gasteiger partial charge in [-0.25, -0.2) is 4.79 Å². The number of aromatic nitrogens is 2. The van der Waals surface area contributed by atoms with Crippen molar-refractivity contribution in [2.45, 2.75) is 60.1 Å². The van der Waals surface area contributed by atoms with E-state index in [4.69, 9.17) is 16.3 Å². The standard InChI is InChI=1S/C20H26ClN3O3/c1-6-7-11-24-18(21)16(14(4)23-24)20(26)27-15(5)19(25)22-17-12(2)9-8-10-13(17)3/h8-10,15H,6-7,11H2,1-5H3,(H,22,25)/t15-/m1/s1. The number of benzene rings is 1. The zero-order valence-corrected chi connectivity index (χ0v) is 17.2.